The normalized spacial score (nSPS) is 14.7. The number of nitrogens with two attached hydrogens (primary N) is 1. The van der Waals surface area contributed by atoms with Gasteiger partial charge in [0.15, 0.2) is 6.04 Å². The Morgan fingerprint density at radius 1 is 1.03 bits per heavy atom. The molecule has 0 aliphatic heterocycles. The molecule has 3 amide bonds. The average Bonchev–Trinajstić information content (AvgIpc) is 2.70. The standard InChI is InChI=1S/C18H26N4O7S/c1-9(23)15(18(28)29)22-16(26)12(6-10-2-4-11(24)5-3-10)21-17(27)13(8-30)20-14(25)7-19/h2-5,9,12-13,15,23-24,30H,6-8,19H2,1H3,(H,20,25)(H,21,27)(H,22,26)(H,28,29). The number of aliphatic carboxylic acids is 1. The largest absolute Gasteiger partial charge is 0.508 e. The number of thiol groups is 1. The van der Waals surface area contributed by atoms with Gasteiger partial charge in [0.2, 0.25) is 17.7 Å². The molecule has 0 saturated carbocycles. The molecule has 4 atom stereocenters. The molecule has 0 aromatic heterocycles. The first-order chi connectivity index (χ1) is 14.1. The van der Waals surface area contributed by atoms with Crippen LogP contribution < -0.4 is 21.7 Å². The third kappa shape index (κ3) is 7.89. The lowest BCUT2D eigenvalue weighted by Crippen LogP contribution is -2.58. The van der Waals surface area contributed by atoms with E-state index in [4.69, 9.17) is 10.8 Å². The highest BCUT2D eigenvalue weighted by Crippen LogP contribution is 2.12. The predicted molar refractivity (Wildman–Crippen MR) is 110 cm³/mol. The molecule has 0 fully saturated rings. The van der Waals surface area contributed by atoms with E-state index in [2.05, 4.69) is 28.6 Å². The van der Waals surface area contributed by atoms with E-state index in [0.29, 0.717) is 5.56 Å². The summed E-state index contributed by atoms with van der Waals surface area (Å²) in [4.78, 5) is 48.0. The van der Waals surface area contributed by atoms with Crippen molar-refractivity contribution in [2.75, 3.05) is 12.3 Å². The van der Waals surface area contributed by atoms with E-state index in [1.165, 1.54) is 31.2 Å². The summed E-state index contributed by atoms with van der Waals surface area (Å²) >= 11 is 4.01. The number of phenols is 1. The topological polar surface area (TPSA) is 191 Å². The molecule has 1 rings (SSSR count). The van der Waals surface area contributed by atoms with Gasteiger partial charge in [-0.1, -0.05) is 12.1 Å². The van der Waals surface area contributed by atoms with Gasteiger partial charge in [-0.05, 0) is 24.6 Å². The quantitative estimate of drug-likeness (QED) is 0.176. The number of aromatic hydroxyl groups is 1. The number of aliphatic hydroxyl groups excluding tert-OH is 1. The van der Waals surface area contributed by atoms with Crippen LogP contribution in [-0.2, 0) is 25.6 Å². The summed E-state index contributed by atoms with van der Waals surface area (Å²) in [5.41, 5.74) is 5.78. The number of carboxylic acids is 1. The first-order valence-electron chi connectivity index (χ1n) is 8.98. The van der Waals surface area contributed by atoms with Crippen molar-refractivity contribution in [3.8, 4) is 5.75 Å². The van der Waals surface area contributed by atoms with Crippen LogP contribution in [0, 0.1) is 0 Å². The second-order valence-electron chi connectivity index (χ2n) is 6.50. The monoisotopic (exact) mass is 442 g/mol. The van der Waals surface area contributed by atoms with Crippen LogP contribution in [0.3, 0.4) is 0 Å². The van der Waals surface area contributed by atoms with Gasteiger partial charge in [0.25, 0.3) is 0 Å². The van der Waals surface area contributed by atoms with Gasteiger partial charge in [-0.3, -0.25) is 14.4 Å². The van der Waals surface area contributed by atoms with Gasteiger partial charge in [-0.25, -0.2) is 4.79 Å². The zero-order valence-electron chi connectivity index (χ0n) is 16.2. The van der Waals surface area contributed by atoms with Crippen molar-refractivity contribution in [2.45, 2.75) is 37.6 Å². The van der Waals surface area contributed by atoms with Crippen LogP contribution in [0.15, 0.2) is 24.3 Å². The fraction of sp³-hybridized carbons (Fsp3) is 0.444. The minimum Gasteiger partial charge on any atom is -0.508 e. The number of nitrogens with one attached hydrogen (secondary N) is 3. The molecule has 0 radical (unpaired) electrons. The van der Waals surface area contributed by atoms with Crippen LogP contribution >= 0.6 is 12.6 Å². The summed E-state index contributed by atoms with van der Waals surface area (Å²) in [6, 6.07) is 1.93. The van der Waals surface area contributed by atoms with E-state index >= 15 is 0 Å². The Bertz CT molecular complexity index is 757. The number of carbonyl (C=O) groups excluding carboxylic acids is 3. The van der Waals surface area contributed by atoms with Gasteiger partial charge < -0.3 is 37.0 Å². The number of aliphatic hydroxyl groups is 1. The molecule has 0 aliphatic carbocycles. The molecule has 0 spiro atoms. The number of phenolic OH excluding ortho intramolecular Hbond substituents is 1. The highest BCUT2D eigenvalue weighted by Gasteiger charge is 2.31. The van der Waals surface area contributed by atoms with Crippen molar-refractivity contribution < 1.29 is 34.5 Å². The first-order valence-corrected chi connectivity index (χ1v) is 9.62. The van der Waals surface area contributed by atoms with Crippen molar-refractivity contribution in [3.05, 3.63) is 29.8 Å². The van der Waals surface area contributed by atoms with Crippen LogP contribution in [-0.4, -0.2) is 75.5 Å². The Hall–Kier alpha value is -2.83. The Balaban J connectivity index is 3.05. The lowest BCUT2D eigenvalue weighted by Gasteiger charge is -2.25. The summed E-state index contributed by atoms with van der Waals surface area (Å²) in [7, 11) is 0. The predicted octanol–water partition coefficient (Wildman–Crippen LogP) is -2.26. The van der Waals surface area contributed by atoms with Crippen molar-refractivity contribution >= 4 is 36.3 Å². The summed E-state index contributed by atoms with van der Waals surface area (Å²) in [6.07, 6.45) is -1.43. The van der Waals surface area contributed by atoms with Crippen LogP contribution in [0.4, 0.5) is 0 Å². The molecule has 30 heavy (non-hydrogen) atoms. The number of hydrogen-bond donors (Lipinski definition) is 8. The van der Waals surface area contributed by atoms with Gasteiger partial charge in [0.05, 0.1) is 12.6 Å². The summed E-state index contributed by atoms with van der Waals surface area (Å²) in [5.74, 6) is -3.69. The second-order valence-corrected chi connectivity index (χ2v) is 6.87. The third-order valence-corrected chi connectivity index (χ3v) is 4.44. The van der Waals surface area contributed by atoms with E-state index in [0.717, 1.165) is 0 Å². The first kappa shape index (κ1) is 25.2. The zero-order valence-corrected chi connectivity index (χ0v) is 17.1. The maximum absolute atomic E-state index is 12.7. The van der Waals surface area contributed by atoms with Crippen LogP contribution in [0.5, 0.6) is 5.75 Å². The van der Waals surface area contributed by atoms with E-state index in [9.17, 15) is 29.4 Å². The smallest absolute Gasteiger partial charge is 0.328 e. The number of hydrogen-bond acceptors (Lipinski definition) is 8. The lowest BCUT2D eigenvalue weighted by molar-refractivity contribution is -0.145. The van der Waals surface area contributed by atoms with E-state index < -0.39 is 47.9 Å². The molecule has 0 saturated heterocycles. The highest BCUT2D eigenvalue weighted by atomic mass is 32.1. The van der Waals surface area contributed by atoms with E-state index in [-0.39, 0.29) is 24.5 Å². The minimum absolute atomic E-state index is 0.00321. The van der Waals surface area contributed by atoms with Crippen molar-refractivity contribution in [3.63, 3.8) is 0 Å². The molecule has 8 N–H and O–H groups in total. The zero-order chi connectivity index (χ0) is 22.8. The van der Waals surface area contributed by atoms with Crippen molar-refractivity contribution in [2.24, 2.45) is 5.73 Å². The fourth-order valence-electron chi connectivity index (χ4n) is 2.44. The van der Waals surface area contributed by atoms with Gasteiger partial charge >= 0.3 is 5.97 Å². The molecule has 12 heteroatoms. The fourth-order valence-corrected chi connectivity index (χ4v) is 2.70. The number of benzene rings is 1. The van der Waals surface area contributed by atoms with Crippen LogP contribution in [0.2, 0.25) is 0 Å². The molecule has 1 aromatic rings. The Kier molecular flexibility index (Phi) is 10.1. The number of amides is 3. The Morgan fingerprint density at radius 3 is 2.07 bits per heavy atom. The van der Waals surface area contributed by atoms with Crippen LogP contribution in [0.25, 0.3) is 0 Å². The van der Waals surface area contributed by atoms with Gasteiger partial charge in [0.1, 0.15) is 17.8 Å². The molecule has 0 bridgehead atoms. The average molecular weight is 442 g/mol. The van der Waals surface area contributed by atoms with E-state index in [1.807, 2.05) is 0 Å². The second kappa shape index (κ2) is 12.0. The van der Waals surface area contributed by atoms with Crippen LogP contribution in [0.1, 0.15) is 12.5 Å². The summed E-state index contributed by atoms with van der Waals surface area (Å²) in [6.45, 7) is 0.857. The van der Waals surface area contributed by atoms with E-state index in [1.54, 1.807) is 0 Å². The molecule has 166 valence electrons. The molecule has 4 unspecified atom stereocenters. The number of carbonyl (C=O) groups is 4. The highest BCUT2D eigenvalue weighted by molar-refractivity contribution is 7.80. The maximum Gasteiger partial charge on any atom is 0.328 e. The minimum atomic E-state index is -1.59. The van der Waals surface area contributed by atoms with Crippen molar-refractivity contribution in [1.29, 1.82) is 0 Å². The van der Waals surface area contributed by atoms with Crippen molar-refractivity contribution in [1.82, 2.24) is 16.0 Å². The molecular weight excluding hydrogens is 416 g/mol. The number of rotatable bonds is 11. The Labute approximate surface area is 178 Å². The summed E-state index contributed by atoms with van der Waals surface area (Å²) in [5, 5.41) is 35.1. The lowest BCUT2D eigenvalue weighted by atomic mass is 10.0. The van der Waals surface area contributed by atoms with Gasteiger partial charge in [0, 0.05) is 12.2 Å². The van der Waals surface area contributed by atoms with Gasteiger partial charge in [-0.15, -0.1) is 0 Å². The molecule has 0 aliphatic rings. The number of carboxylic acid groups (broad SMARTS) is 1. The summed E-state index contributed by atoms with van der Waals surface area (Å²) < 4.78 is 0. The Morgan fingerprint density at radius 2 is 1.60 bits per heavy atom. The molecular formula is C18H26N4O7S. The molecule has 1 aromatic carbocycles. The van der Waals surface area contributed by atoms with Gasteiger partial charge in [-0.2, -0.15) is 12.6 Å². The molecule has 0 heterocycles. The molecule has 11 nitrogen and oxygen atoms in total. The SMILES string of the molecule is CC(O)C(NC(=O)C(Cc1ccc(O)cc1)NC(=O)C(CS)NC(=O)CN)C(=O)O. The third-order valence-electron chi connectivity index (χ3n) is 4.08. The maximum atomic E-state index is 12.7.